The third-order valence-electron chi connectivity index (χ3n) is 9.01. The van der Waals surface area contributed by atoms with Gasteiger partial charge in [0.1, 0.15) is 0 Å². The van der Waals surface area contributed by atoms with Gasteiger partial charge in [0, 0.05) is 0 Å². The van der Waals surface area contributed by atoms with Gasteiger partial charge in [-0.2, -0.15) is 0 Å². The Bertz CT molecular complexity index is 1730. The molecule has 192 valence electrons. The Morgan fingerprint density at radius 2 is 1.13 bits per heavy atom. The van der Waals surface area contributed by atoms with Crippen molar-refractivity contribution in [2.45, 2.75) is 51.7 Å². The van der Waals surface area contributed by atoms with Gasteiger partial charge in [0.05, 0.1) is 11.2 Å². The summed E-state index contributed by atoms with van der Waals surface area (Å²) in [5.41, 5.74) is 8.12. The van der Waals surface area contributed by atoms with Crippen LogP contribution in [0, 0.1) is 0 Å². The van der Waals surface area contributed by atoms with Gasteiger partial charge in [-0.3, -0.25) is 0 Å². The first-order chi connectivity index (χ1) is 18.8. The number of aryl methyl sites for hydroxylation is 1. The van der Waals surface area contributed by atoms with Crippen LogP contribution in [0.4, 0.5) is 0 Å². The maximum Gasteiger partial charge on any atom is 0.494 e. The quantitative estimate of drug-likeness (QED) is 0.180. The lowest BCUT2D eigenvalue weighted by Crippen LogP contribution is -2.41. The topological polar surface area (TPSA) is 18.5 Å². The lowest BCUT2D eigenvalue weighted by molar-refractivity contribution is 0.00578. The van der Waals surface area contributed by atoms with Crippen LogP contribution >= 0.6 is 0 Å². The van der Waals surface area contributed by atoms with E-state index in [4.69, 9.17) is 9.31 Å². The third-order valence-corrected chi connectivity index (χ3v) is 9.01. The SMILES string of the molecule is CC1(C)OB(c2ccc(-c3ccc(-c4ccc5c(c4)c4c(c6ccccc65)CCC=C4)cc3)cc2)OC1(C)C. The standard InChI is InChI=1S/C36H33BO2/c1-35(2)36(3,4)39-37(38-35)28-20-17-25(18-21-28)24-13-15-26(16-14-24)27-19-22-33-31-11-6-5-9-29(31)30-10-7-8-12-32(30)34(33)23-27/h5-6,8-9,11-23H,7,10H2,1-4H3. The van der Waals surface area contributed by atoms with Crippen molar-refractivity contribution >= 4 is 40.2 Å². The molecule has 0 atom stereocenters. The second-order valence-electron chi connectivity index (χ2n) is 11.9. The molecule has 1 aliphatic carbocycles. The Morgan fingerprint density at radius 3 is 1.79 bits per heavy atom. The fourth-order valence-corrected chi connectivity index (χ4v) is 6.03. The van der Waals surface area contributed by atoms with E-state index in [1.165, 1.54) is 54.9 Å². The Morgan fingerprint density at radius 1 is 0.590 bits per heavy atom. The normalized spacial score (nSPS) is 17.6. The number of hydrogen-bond donors (Lipinski definition) is 0. The second kappa shape index (κ2) is 8.94. The predicted molar refractivity (Wildman–Crippen MR) is 165 cm³/mol. The monoisotopic (exact) mass is 508 g/mol. The van der Waals surface area contributed by atoms with E-state index in [-0.39, 0.29) is 18.3 Å². The van der Waals surface area contributed by atoms with Crippen molar-refractivity contribution in [3.63, 3.8) is 0 Å². The fraction of sp³-hybridized carbons (Fsp3) is 0.222. The molecule has 0 saturated carbocycles. The van der Waals surface area contributed by atoms with Crippen LogP contribution in [0.3, 0.4) is 0 Å². The molecule has 0 aromatic heterocycles. The van der Waals surface area contributed by atoms with E-state index in [2.05, 4.69) is 131 Å². The lowest BCUT2D eigenvalue weighted by atomic mass is 9.78. The van der Waals surface area contributed by atoms with Crippen LogP contribution in [0.15, 0.2) is 97.1 Å². The summed E-state index contributed by atoms with van der Waals surface area (Å²) in [5.74, 6) is 0. The third kappa shape index (κ3) is 4.04. The molecule has 5 aromatic rings. The molecule has 2 aliphatic rings. The highest BCUT2D eigenvalue weighted by Gasteiger charge is 2.51. The number of fused-ring (bicyclic) bond motifs is 6. The molecular weight excluding hydrogens is 475 g/mol. The van der Waals surface area contributed by atoms with E-state index >= 15 is 0 Å². The highest BCUT2D eigenvalue weighted by molar-refractivity contribution is 6.62. The summed E-state index contributed by atoms with van der Waals surface area (Å²) in [6.45, 7) is 8.36. The average molecular weight is 508 g/mol. The molecule has 0 bridgehead atoms. The molecule has 0 spiro atoms. The molecule has 39 heavy (non-hydrogen) atoms. The molecule has 1 aliphatic heterocycles. The molecule has 1 fully saturated rings. The molecule has 7 rings (SSSR count). The largest absolute Gasteiger partial charge is 0.494 e. The number of allylic oxidation sites excluding steroid dienone is 1. The molecule has 1 saturated heterocycles. The number of benzene rings is 5. The van der Waals surface area contributed by atoms with Crippen LogP contribution in [0.5, 0.6) is 0 Å². The summed E-state index contributed by atoms with van der Waals surface area (Å²) < 4.78 is 12.4. The van der Waals surface area contributed by atoms with Crippen LogP contribution in [0.25, 0.3) is 49.9 Å². The summed E-state index contributed by atoms with van der Waals surface area (Å²) in [4.78, 5) is 0. The van der Waals surface area contributed by atoms with E-state index in [9.17, 15) is 0 Å². The van der Waals surface area contributed by atoms with Gasteiger partial charge >= 0.3 is 7.12 Å². The Hall–Kier alpha value is -3.66. The van der Waals surface area contributed by atoms with Gasteiger partial charge in [-0.1, -0.05) is 97.1 Å². The molecule has 0 amide bonds. The first-order valence-electron chi connectivity index (χ1n) is 14.0. The van der Waals surface area contributed by atoms with Crippen molar-refractivity contribution in [3.05, 3.63) is 108 Å². The second-order valence-corrected chi connectivity index (χ2v) is 11.9. The minimum atomic E-state index is -0.336. The van der Waals surface area contributed by atoms with Crippen molar-refractivity contribution < 1.29 is 9.31 Å². The van der Waals surface area contributed by atoms with Crippen LogP contribution < -0.4 is 5.46 Å². The zero-order chi connectivity index (χ0) is 26.8. The van der Waals surface area contributed by atoms with Gasteiger partial charge in [-0.15, -0.1) is 0 Å². The summed E-state index contributed by atoms with van der Waals surface area (Å²) >= 11 is 0. The minimum Gasteiger partial charge on any atom is -0.399 e. The minimum absolute atomic E-state index is 0.336. The van der Waals surface area contributed by atoms with Crippen molar-refractivity contribution in [1.82, 2.24) is 0 Å². The summed E-state index contributed by atoms with van der Waals surface area (Å²) in [6.07, 6.45) is 6.86. The van der Waals surface area contributed by atoms with Crippen molar-refractivity contribution in [1.29, 1.82) is 0 Å². The maximum absolute atomic E-state index is 6.22. The number of hydrogen-bond acceptors (Lipinski definition) is 2. The van der Waals surface area contributed by atoms with Crippen LogP contribution in [0.2, 0.25) is 0 Å². The van der Waals surface area contributed by atoms with E-state index in [0.29, 0.717) is 0 Å². The smallest absolute Gasteiger partial charge is 0.399 e. The van der Waals surface area contributed by atoms with Crippen molar-refractivity contribution in [2.75, 3.05) is 0 Å². The molecule has 5 aromatic carbocycles. The summed E-state index contributed by atoms with van der Waals surface area (Å²) in [7, 11) is -0.336. The predicted octanol–water partition coefficient (Wildman–Crippen LogP) is 8.59. The first-order valence-corrected chi connectivity index (χ1v) is 14.0. The van der Waals surface area contributed by atoms with Crippen molar-refractivity contribution in [2.24, 2.45) is 0 Å². The van der Waals surface area contributed by atoms with Gasteiger partial charge in [0.2, 0.25) is 0 Å². The van der Waals surface area contributed by atoms with E-state index in [1.54, 1.807) is 0 Å². The van der Waals surface area contributed by atoms with Gasteiger partial charge in [-0.05, 0) is 107 Å². The Labute approximate surface area is 231 Å². The first kappa shape index (κ1) is 24.4. The van der Waals surface area contributed by atoms with Gasteiger partial charge < -0.3 is 9.31 Å². The van der Waals surface area contributed by atoms with E-state index in [0.717, 1.165) is 18.3 Å². The summed E-state index contributed by atoms with van der Waals surface area (Å²) in [6, 6.07) is 33.3. The molecule has 1 heterocycles. The van der Waals surface area contributed by atoms with Crippen molar-refractivity contribution in [3.8, 4) is 22.3 Å². The Balaban J connectivity index is 1.20. The number of rotatable bonds is 3. The zero-order valence-corrected chi connectivity index (χ0v) is 23.1. The maximum atomic E-state index is 6.22. The lowest BCUT2D eigenvalue weighted by Gasteiger charge is -2.32. The highest BCUT2D eigenvalue weighted by Crippen LogP contribution is 2.39. The highest BCUT2D eigenvalue weighted by atomic mass is 16.7. The van der Waals surface area contributed by atoms with E-state index in [1.807, 2.05) is 0 Å². The Kier molecular flexibility index (Phi) is 5.59. The zero-order valence-electron chi connectivity index (χ0n) is 23.1. The fourth-order valence-electron chi connectivity index (χ4n) is 6.03. The van der Waals surface area contributed by atoms with E-state index < -0.39 is 0 Å². The average Bonchev–Trinajstić information content (AvgIpc) is 3.19. The van der Waals surface area contributed by atoms with Crippen LogP contribution in [0.1, 0.15) is 45.2 Å². The van der Waals surface area contributed by atoms with Gasteiger partial charge in [0.15, 0.2) is 0 Å². The molecule has 3 heteroatoms. The molecule has 0 N–H and O–H groups in total. The summed E-state index contributed by atoms with van der Waals surface area (Å²) in [5, 5.41) is 5.43. The molecular formula is C36H33BO2. The van der Waals surface area contributed by atoms with Gasteiger partial charge in [0.25, 0.3) is 0 Å². The van der Waals surface area contributed by atoms with Crippen LogP contribution in [-0.2, 0) is 15.7 Å². The molecule has 0 radical (unpaired) electrons. The van der Waals surface area contributed by atoms with Crippen LogP contribution in [-0.4, -0.2) is 18.3 Å². The molecule has 0 unspecified atom stereocenters. The molecule has 2 nitrogen and oxygen atoms in total. The van der Waals surface area contributed by atoms with Gasteiger partial charge in [-0.25, -0.2) is 0 Å².